The lowest BCUT2D eigenvalue weighted by Gasteiger charge is -2.03. The highest BCUT2D eigenvalue weighted by atomic mass is 32.2. The van der Waals surface area contributed by atoms with E-state index in [0.717, 1.165) is 16.8 Å². The minimum atomic E-state index is 0.491. The Morgan fingerprint density at radius 3 is 2.62 bits per heavy atom. The highest BCUT2D eigenvalue weighted by Crippen LogP contribution is 2.24. The third kappa shape index (κ3) is 3.50. The number of hydrogen-bond acceptors (Lipinski definition) is 7. The molecule has 2 heterocycles. The van der Waals surface area contributed by atoms with Crippen LogP contribution in [-0.4, -0.2) is 30.4 Å². The largest absolute Gasteiger partial charge is 0.420 e. The average Bonchev–Trinajstić information content (AvgIpc) is 3.30. The Kier molecular flexibility index (Phi) is 4.49. The van der Waals surface area contributed by atoms with E-state index in [4.69, 9.17) is 4.42 Å². The molecule has 0 aliphatic rings. The van der Waals surface area contributed by atoms with Gasteiger partial charge in [-0.25, -0.2) is 0 Å². The maximum Gasteiger partial charge on any atom is 0.247 e. The van der Waals surface area contributed by atoms with Gasteiger partial charge in [0.15, 0.2) is 0 Å². The zero-order chi connectivity index (χ0) is 17.9. The van der Waals surface area contributed by atoms with Gasteiger partial charge in [0.05, 0.1) is 11.4 Å². The van der Waals surface area contributed by atoms with Gasteiger partial charge in [-0.3, -0.25) is 0 Å². The van der Waals surface area contributed by atoms with Crippen molar-refractivity contribution in [2.75, 3.05) is 0 Å². The van der Waals surface area contributed by atoms with Gasteiger partial charge in [-0.05, 0) is 48.5 Å². The highest BCUT2D eigenvalue weighted by Gasteiger charge is 2.13. The minimum absolute atomic E-state index is 0.491. The van der Waals surface area contributed by atoms with Gasteiger partial charge < -0.3 is 4.42 Å². The Bertz CT molecular complexity index is 1020. The fraction of sp³-hybridized carbons (Fsp3) is 0.167. The number of rotatable bonds is 5. The van der Waals surface area contributed by atoms with Crippen molar-refractivity contribution in [3.05, 3.63) is 65.5 Å². The lowest BCUT2D eigenvalue weighted by molar-refractivity contribution is 0.528. The molecule has 130 valence electrons. The van der Waals surface area contributed by atoms with Crippen LogP contribution in [0.1, 0.15) is 17.0 Å². The van der Waals surface area contributed by atoms with Crippen LogP contribution in [0, 0.1) is 13.8 Å². The summed E-state index contributed by atoms with van der Waals surface area (Å²) in [6, 6.07) is 16.0. The molecule has 0 atom stereocenters. The average molecular weight is 364 g/mol. The molecule has 0 saturated heterocycles. The van der Waals surface area contributed by atoms with E-state index in [9.17, 15) is 0 Å². The predicted molar refractivity (Wildman–Crippen MR) is 97.9 cm³/mol. The maximum absolute atomic E-state index is 5.76. The van der Waals surface area contributed by atoms with Gasteiger partial charge in [0.1, 0.15) is 0 Å². The van der Waals surface area contributed by atoms with E-state index in [-0.39, 0.29) is 0 Å². The molecule has 0 saturated carbocycles. The van der Waals surface area contributed by atoms with E-state index >= 15 is 0 Å². The zero-order valence-corrected chi connectivity index (χ0v) is 15.1. The summed E-state index contributed by atoms with van der Waals surface area (Å²) in [6.45, 7) is 4.07. The van der Waals surface area contributed by atoms with Crippen molar-refractivity contribution >= 4 is 11.8 Å². The van der Waals surface area contributed by atoms with Gasteiger partial charge in [0, 0.05) is 5.56 Å². The molecule has 2 aromatic heterocycles. The van der Waals surface area contributed by atoms with Gasteiger partial charge >= 0.3 is 0 Å². The predicted octanol–water partition coefficient (Wildman–Crippen LogP) is 3.62. The molecule has 2 aromatic carbocycles. The topological polar surface area (TPSA) is 82.5 Å². The van der Waals surface area contributed by atoms with Gasteiger partial charge in [0.25, 0.3) is 0 Å². The van der Waals surface area contributed by atoms with E-state index in [2.05, 4.69) is 25.7 Å². The van der Waals surface area contributed by atoms with E-state index in [1.54, 1.807) is 4.68 Å². The number of benzene rings is 2. The van der Waals surface area contributed by atoms with Crippen LogP contribution in [0.15, 0.2) is 58.1 Å². The summed E-state index contributed by atoms with van der Waals surface area (Å²) in [5.74, 6) is 1.54. The number of nitrogens with zero attached hydrogens (tertiary/aromatic N) is 6. The number of tetrazole rings is 1. The Hall–Kier alpha value is -3.00. The molecule has 0 bridgehead atoms. The zero-order valence-electron chi connectivity index (χ0n) is 14.3. The smallest absolute Gasteiger partial charge is 0.247 e. The first-order valence-corrected chi connectivity index (χ1v) is 9.05. The van der Waals surface area contributed by atoms with Crippen molar-refractivity contribution < 1.29 is 4.42 Å². The fourth-order valence-electron chi connectivity index (χ4n) is 2.45. The summed E-state index contributed by atoms with van der Waals surface area (Å²) < 4.78 is 7.46. The molecule has 0 fully saturated rings. The summed E-state index contributed by atoms with van der Waals surface area (Å²) in [5, 5.41) is 20.8. The molecule has 0 unspecified atom stereocenters. The lowest BCUT2D eigenvalue weighted by Crippen LogP contribution is -1.99. The van der Waals surface area contributed by atoms with Crippen molar-refractivity contribution in [3.8, 4) is 17.1 Å². The van der Waals surface area contributed by atoms with E-state index < -0.39 is 0 Å². The molecule has 26 heavy (non-hydrogen) atoms. The quantitative estimate of drug-likeness (QED) is 0.500. The second-order valence-corrected chi connectivity index (χ2v) is 6.81. The van der Waals surface area contributed by atoms with Crippen LogP contribution in [0.4, 0.5) is 0 Å². The third-order valence-electron chi connectivity index (χ3n) is 3.78. The van der Waals surface area contributed by atoms with Crippen LogP contribution in [0.5, 0.6) is 0 Å². The second-order valence-electron chi connectivity index (χ2n) is 5.87. The molecule has 7 nitrogen and oxygen atoms in total. The summed E-state index contributed by atoms with van der Waals surface area (Å²) in [6.07, 6.45) is 0. The Balaban J connectivity index is 1.49. The molecule has 0 aliphatic carbocycles. The standard InChI is InChI=1S/C18H16N6OS/c1-12-6-8-15(9-7-12)24-18(21-22-23-24)26-11-16-19-20-17(25-16)14-5-3-4-13(2)10-14/h3-10H,11H2,1-2H3. The van der Waals surface area contributed by atoms with Crippen LogP contribution in [0.25, 0.3) is 17.1 Å². The molecule has 8 heteroatoms. The summed E-state index contributed by atoms with van der Waals surface area (Å²) in [4.78, 5) is 0. The van der Waals surface area contributed by atoms with Crippen LogP contribution in [0.3, 0.4) is 0 Å². The first-order valence-electron chi connectivity index (χ1n) is 8.07. The molecule has 0 spiro atoms. The van der Waals surface area contributed by atoms with Gasteiger partial charge in [0.2, 0.25) is 16.9 Å². The van der Waals surface area contributed by atoms with Crippen LogP contribution < -0.4 is 0 Å². The van der Waals surface area contributed by atoms with Crippen molar-refractivity contribution in [3.63, 3.8) is 0 Å². The molecule has 0 radical (unpaired) electrons. The number of hydrogen-bond donors (Lipinski definition) is 0. The minimum Gasteiger partial charge on any atom is -0.420 e. The molecular formula is C18H16N6OS. The summed E-state index contributed by atoms with van der Waals surface area (Å²) >= 11 is 1.45. The molecule has 0 N–H and O–H groups in total. The van der Waals surface area contributed by atoms with Crippen LogP contribution in [0.2, 0.25) is 0 Å². The Morgan fingerprint density at radius 2 is 1.81 bits per heavy atom. The molecule has 0 amide bonds. The normalized spacial score (nSPS) is 11.0. The molecule has 0 aliphatic heterocycles. The van der Waals surface area contributed by atoms with Gasteiger partial charge in [-0.2, -0.15) is 4.68 Å². The fourth-order valence-corrected chi connectivity index (χ4v) is 3.18. The van der Waals surface area contributed by atoms with Crippen molar-refractivity contribution in [1.82, 2.24) is 30.4 Å². The molecule has 4 aromatic rings. The maximum atomic E-state index is 5.76. The monoisotopic (exact) mass is 364 g/mol. The van der Waals surface area contributed by atoms with Crippen LogP contribution in [-0.2, 0) is 5.75 Å². The van der Waals surface area contributed by atoms with E-state index in [1.165, 1.54) is 17.3 Å². The van der Waals surface area contributed by atoms with Crippen molar-refractivity contribution in [2.24, 2.45) is 0 Å². The number of aromatic nitrogens is 6. The van der Waals surface area contributed by atoms with E-state index in [1.807, 2.05) is 62.4 Å². The first-order chi connectivity index (χ1) is 12.7. The number of thioether (sulfide) groups is 1. The Labute approximate surface area is 154 Å². The molecule has 4 rings (SSSR count). The van der Waals surface area contributed by atoms with Gasteiger partial charge in [-0.1, -0.05) is 47.2 Å². The van der Waals surface area contributed by atoms with Gasteiger partial charge in [-0.15, -0.1) is 15.3 Å². The second kappa shape index (κ2) is 7.09. The summed E-state index contributed by atoms with van der Waals surface area (Å²) in [7, 11) is 0. The van der Waals surface area contributed by atoms with Crippen molar-refractivity contribution in [1.29, 1.82) is 0 Å². The molecular weight excluding hydrogens is 348 g/mol. The van der Waals surface area contributed by atoms with E-state index in [0.29, 0.717) is 22.7 Å². The summed E-state index contributed by atoms with van der Waals surface area (Å²) in [5.41, 5.74) is 4.16. The lowest BCUT2D eigenvalue weighted by atomic mass is 10.1. The first kappa shape index (κ1) is 16.5. The third-order valence-corrected chi connectivity index (χ3v) is 4.68. The highest BCUT2D eigenvalue weighted by molar-refractivity contribution is 7.98. The Morgan fingerprint density at radius 1 is 0.962 bits per heavy atom. The SMILES string of the molecule is Cc1ccc(-n2nnnc2SCc2nnc(-c3cccc(C)c3)o2)cc1. The number of aryl methyl sites for hydroxylation is 2. The van der Waals surface area contributed by atoms with Crippen molar-refractivity contribution in [2.45, 2.75) is 24.8 Å². The van der Waals surface area contributed by atoms with Crippen LogP contribution >= 0.6 is 11.8 Å².